The summed E-state index contributed by atoms with van der Waals surface area (Å²) in [7, 11) is 0. The average molecular weight is 320 g/mol. The standard InChI is InChI=1S/C18H28N2O3/c1-13-5-6-15-11-20(8-7-14(15)9-13)12-16(21)10-19-17(22)23-18(2,3)4/h5-6,9,16,21H,7-8,10-12H2,1-4H3,(H,19,22). The minimum absolute atomic E-state index is 0.201. The number of aliphatic hydroxyl groups is 1. The molecule has 1 aliphatic rings. The van der Waals surface area contributed by atoms with Gasteiger partial charge in [-0.05, 0) is 45.2 Å². The molecule has 1 aromatic carbocycles. The summed E-state index contributed by atoms with van der Waals surface area (Å²) >= 11 is 0. The molecule has 1 aliphatic heterocycles. The largest absolute Gasteiger partial charge is 0.444 e. The Morgan fingerprint density at radius 2 is 2.13 bits per heavy atom. The van der Waals surface area contributed by atoms with E-state index in [1.165, 1.54) is 16.7 Å². The summed E-state index contributed by atoms with van der Waals surface area (Å²) < 4.78 is 5.16. The molecule has 0 saturated heterocycles. The van der Waals surface area contributed by atoms with Gasteiger partial charge in [-0.15, -0.1) is 0 Å². The molecule has 2 N–H and O–H groups in total. The van der Waals surface area contributed by atoms with E-state index in [0.717, 1.165) is 19.5 Å². The molecule has 128 valence electrons. The van der Waals surface area contributed by atoms with Crippen LogP contribution in [0.2, 0.25) is 0 Å². The van der Waals surface area contributed by atoms with Crippen molar-refractivity contribution in [1.29, 1.82) is 0 Å². The van der Waals surface area contributed by atoms with Crippen molar-refractivity contribution in [2.75, 3.05) is 19.6 Å². The van der Waals surface area contributed by atoms with Gasteiger partial charge in [0.05, 0.1) is 6.10 Å². The summed E-state index contributed by atoms with van der Waals surface area (Å²) in [5, 5.41) is 12.7. The third-order valence-corrected chi connectivity index (χ3v) is 3.80. The molecule has 23 heavy (non-hydrogen) atoms. The Labute approximate surface area is 138 Å². The van der Waals surface area contributed by atoms with Crippen molar-refractivity contribution in [2.24, 2.45) is 0 Å². The molecule has 1 aromatic rings. The van der Waals surface area contributed by atoms with Gasteiger partial charge < -0.3 is 15.2 Å². The maximum atomic E-state index is 11.6. The lowest BCUT2D eigenvalue weighted by Gasteiger charge is -2.30. The number of aryl methyl sites for hydroxylation is 1. The number of nitrogens with one attached hydrogen (secondary N) is 1. The van der Waals surface area contributed by atoms with Crippen molar-refractivity contribution in [3.63, 3.8) is 0 Å². The second-order valence-corrected chi connectivity index (χ2v) is 7.29. The van der Waals surface area contributed by atoms with Crippen LogP contribution in [0.3, 0.4) is 0 Å². The first kappa shape index (κ1) is 17.8. The Hall–Kier alpha value is -1.59. The highest BCUT2D eigenvalue weighted by molar-refractivity contribution is 5.67. The zero-order chi connectivity index (χ0) is 17.0. The highest BCUT2D eigenvalue weighted by Gasteiger charge is 2.20. The maximum absolute atomic E-state index is 11.6. The lowest BCUT2D eigenvalue weighted by molar-refractivity contribution is 0.0464. The first-order valence-electron chi connectivity index (χ1n) is 8.18. The number of carbonyl (C=O) groups excluding carboxylic acids is 1. The van der Waals surface area contributed by atoms with Gasteiger partial charge in [-0.25, -0.2) is 4.79 Å². The Morgan fingerprint density at radius 1 is 1.39 bits per heavy atom. The van der Waals surface area contributed by atoms with E-state index < -0.39 is 17.8 Å². The molecule has 0 fully saturated rings. The zero-order valence-corrected chi connectivity index (χ0v) is 14.6. The summed E-state index contributed by atoms with van der Waals surface area (Å²) in [6, 6.07) is 6.54. The predicted octanol–water partition coefficient (Wildman–Crippen LogP) is 2.24. The van der Waals surface area contributed by atoms with Crippen molar-refractivity contribution in [1.82, 2.24) is 10.2 Å². The van der Waals surface area contributed by atoms with E-state index in [1.807, 2.05) is 20.8 Å². The molecule has 5 heteroatoms. The second kappa shape index (κ2) is 7.32. The van der Waals surface area contributed by atoms with Crippen LogP contribution in [-0.2, 0) is 17.7 Å². The van der Waals surface area contributed by atoms with Gasteiger partial charge in [-0.3, -0.25) is 4.90 Å². The minimum Gasteiger partial charge on any atom is -0.444 e. The molecule has 1 heterocycles. The van der Waals surface area contributed by atoms with E-state index in [4.69, 9.17) is 4.74 Å². The number of β-amino-alcohol motifs (C(OH)–C–C–N with tert-alkyl or cyclic N) is 1. The SMILES string of the molecule is Cc1ccc2c(c1)CCN(CC(O)CNC(=O)OC(C)(C)C)C2. The zero-order valence-electron chi connectivity index (χ0n) is 14.6. The van der Waals surface area contributed by atoms with Crippen molar-refractivity contribution < 1.29 is 14.6 Å². The first-order chi connectivity index (χ1) is 10.7. The normalized spacial score (nSPS) is 16.6. The number of alkyl carbamates (subject to hydrolysis) is 1. The van der Waals surface area contributed by atoms with Gasteiger partial charge in [0.15, 0.2) is 0 Å². The number of amides is 1. The van der Waals surface area contributed by atoms with Crippen LogP contribution >= 0.6 is 0 Å². The van der Waals surface area contributed by atoms with Crippen LogP contribution in [0.1, 0.15) is 37.5 Å². The van der Waals surface area contributed by atoms with E-state index in [9.17, 15) is 9.90 Å². The summed E-state index contributed by atoms with van der Waals surface area (Å²) in [6.45, 7) is 10.1. The summed E-state index contributed by atoms with van der Waals surface area (Å²) in [5.41, 5.74) is 3.50. The molecule has 5 nitrogen and oxygen atoms in total. The minimum atomic E-state index is -0.602. The number of hydrogen-bond donors (Lipinski definition) is 2. The van der Waals surface area contributed by atoms with Crippen LogP contribution in [0.15, 0.2) is 18.2 Å². The first-order valence-corrected chi connectivity index (χ1v) is 8.18. The van der Waals surface area contributed by atoms with Crippen molar-refractivity contribution in [2.45, 2.75) is 52.4 Å². The molecule has 0 spiro atoms. The maximum Gasteiger partial charge on any atom is 0.407 e. The van der Waals surface area contributed by atoms with Crippen LogP contribution in [0.4, 0.5) is 4.79 Å². The molecule has 0 radical (unpaired) electrons. The van der Waals surface area contributed by atoms with Gasteiger partial charge in [-0.2, -0.15) is 0 Å². The van der Waals surface area contributed by atoms with E-state index in [1.54, 1.807) is 0 Å². The summed E-state index contributed by atoms with van der Waals surface area (Å²) in [4.78, 5) is 13.8. The van der Waals surface area contributed by atoms with E-state index in [2.05, 4.69) is 35.3 Å². The smallest absolute Gasteiger partial charge is 0.407 e. The fourth-order valence-corrected chi connectivity index (χ4v) is 2.77. The molecule has 0 aliphatic carbocycles. The number of nitrogens with zero attached hydrogens (tertiary/aromatic N) is 1. The number of aliphatic hydroxyl groups excluding tert-OH is 1. The van der Waals surface area contributed by atoms with Crippen LogP contribution in [-0.4, -0.2) is 47.4 Å². The molecule has 1 unspecified atom stereocenters. The second-order valence-electron chi connectivity index (χ2n) is 7.29. The van der Waals surface area contributed by atoms with Gasteiger partial charge in [0.2, 0.25) is 0 Å². The van der Waals surface area contributed by atoms with E-state index in [-0.39, 0.29) is 6.54 Å². The number of ether oxygens (including phenoxy) is 1. The van der Waals surface area contributed by atoms with Gasteiger partial charge in [-0.1, -0.05) is 23.8 Å². The van der Waals surface area contributed by atoms with Crippen LogP contribution in [0.5, 0.6) is 0 Å². The van der Waals surface area contributed by atoms with Gasteiger partial charge in [0, 0.05) is 26.2 Å². The third-order valence-electron chi connectivity index (χ3n) is 3.80. The molecular weight excluding hydrogens is 292 g/mol. The number of rotatable bonds is 4. The molecule has 1 atom stereocenters. The Morgan fingerprint density at radius 3 is 2.83 bits per heavy atom. The van der Waals surface area contributed by atoms with E-state index >= 15 is 0 Å². The number of benzene rings is 1. The number of hydrogen-bond acceptors (Lipinski definition) is 4. The van der Waals surface area contributed by atoms with Crippen LogP contribution in [0.25, 0.3) is 0 Å². The van der Waals surface area contributed by atoms with E-state index in [0.29, 0.717) is 6.54 Å². The molecule has 0 bridgehead atoms. The highest BCUT2D eigenvalue weighted by atomic mass is 16.6. The Bertz CT molecular complexity index is 552. The Balaban J connectivity index is 1.77. The molecular formula is C18H28N2O3. The van der Waals surface area contributed by atoms with Crippen molar-refractivity contribution >= 4 is 6.09 Å². The third kappa shape index (κ3) is 5.84. The van der Waals surface area contributed by atoms with Gasteiger partial charge in [0.1, 0.15) is 5.60 Å². The highest BCUT2D eigenvalue weighted by Crippen LogP contribution is 2.20. The van der Waals surface area contributed by atoms with Gasteiger partial charge >= 0.3 is 6.09 Å². The fourth-order valence-electron chi connectivity index (χ4n) is 2.77. The molecule has 2 rings (SSSR count). The molecule has 0 aromatic heterocycles. The van der Waals surface area contributed by atoms with Crippen molar-refractivity contribution in [3.8, 4) is 0 Å². The summed E-state index contributed by atoms with van der Waals surface area (Å²) in [6.07, 6.45) is -0.0889. The monoisotopic (exact) mass is 320 g/mol. The number of carbonyl (C=O) groups is 1. The summed E-state index contributed by atoms with van der Waals surface area (Å²) in [5.74, 6) is 0. The van der Waals surface area contributed by atoms with Crippen molar-refractivity contribution in [3.05, 3.63) is 34.9 Å². The molecule has 0 saturated carbocycles. The van der Waals surface area contributed by atoms with Crippen LogP contribution < -0.4 is 5.32 Å². The lowest BCUT2D eigenvalue weighted by atomic mass is 9.97. The lowest BCUT2D eigenvalue weighted by Crippen LogP contribution is -2.43. The fraction of sp³-hybridized carbons (Fsp3) is 0.611. The number of fused-ring (bicyclic) bond motifs is 1. The van der Waals surface area contributed by atoms with Crippen LogP contribution in [0, 0.1) is 6.92 Å². The average Bonchev–Trinajstić information content (AvgIpc) is 2.43. The Kier molecular flexibility index (Phi) is 5.65. The predicted molar refractivity (Wildman–Crippen MR) is 90.4 cm³/mol. The molecule has 1 amide bonds. The van der Waals surface area contributed by atoms with Gasteiger partial charge in [0.25, 0.3) is 0 Å². The quantitative estimate of drug-likeness (QED) is 0.893. The topological polar surface area (TPSA) is 61.8 Å².